The number of carbonyl (C=O) groups excluding carboxylic acids is 1. The molecular weight excluding hydrogens is 282 g/mol. The molecular formula is C13H16ClN3O3. The summed E-state index contributed by atoms with van der Waals surface area (Å²) < 4.78 is 0. The zero-order valence-electron chi connectivity index (χ0n) is 11.1. The Balaban J connectivity index is 1.89. The van der Waals surface area contributed by atoms with E-state index >= 15 is 0 Å². The molecule has 1 aliphatic rings. The number of rotatable bonds is 6. The fourth-order valence-electron chi connectivity index (χ4n) is 1.94. The standard InChI is InChI=1S/C13H16ClN3O3/c1-16(9-2-3-9)7-6-15-13(18)11-5-4-10(17(19)20)8-12(11)14/h4-5,8-9H,2-3,6-7H2,1H3,(H,15,18). The SMILES string of the molecule is CN(CCNC(=O)c1ccc([N+](=O)[O-])cc1Cl)C1CC1. The van der Waals surface area contributed by atoms with E-state index in [-0.39, 0.29) is 22.2 Å². The molecule has 0 spiro atoms. The Kier molecular flexibility index (Phi) is 4.57. The highest BCUT2D eigenvalue weighted by Crippen LogP contribution is 2.25. The van der Waals surface area contributed by atoms with Crippen molar-refractivity contribution in [3.63, 3.8) is 0 Å². The Hall–Kier alpha value is -1.66. The molecule has 0 saturated heterocycles. The number of non-ortho nitro benzene ring substituents is 1. The van der Waals surface area contributed by atoms with Crippen LogP contribution in [0.3, 0.4) is 0 Å². The maximum absolute atomic E-state index is 11.9. The third-order valence-corrected chi connectivity index (χ3v) is 3.64. The molecule has 1 amide bonds. The van der Waals surface area contributed by atoms with E-state index in [2.05, 4.69) is 10.2 Å². The highest BCUT2D eigenvalue weighted by molar-refractivity contribution is 6.34. The molecule has 0 bridgehead atoms. The predicted molar refractivity (Wildman–Crippen MR) is 76.1 cm³/mol. The summed E-state index contributed by atoms with van der Waals surface area (Å²) in [4.78, 5) is 24.2. The number of hydrogen-bond donors (Lipinski definition) is 1. The second-order valence-corrected chi connectivity index (χ2v) is 5.30. The van der Waals surface area contributed by atoms with Crippen molar-refractivity contribution in [3.05, 3.63) is 38.9 Å². The second kappa shape index (κ2) is 6.19. The maximum atomic E-state index is 11.9. The summed E-state index contributed by atoms with van der Waals surface area (Å²) >= 11 is 5.89. The highest BCUT2D eigenvalue weighted by atomic mass is 35.5. The fourth-order valence-corrected chi connectivity index (χ4v) is 2.20. The van der Waals surface area contributed by atoms with E-state index in [0.717, 1.165) is 6.54 Å². The minimum atomic E-state index is -0.543. The Morgan fingerprint density at radius 2 is 2.25 bits per heavy atom. The van der Waals surface area contributed by atoms with Crippen molar-refractivity contribution >= 4 is 23.2 Å². The van der Waals surface area contributed by atoms with Crippen LogP contribution in [0.1, 0.15) is 23.2 Å². The topological polar surface area (TPSA) is 75.5 Å². The van der Waals surface area contributed by atoms with Gasteiger partial charge >= 0.3 is 0 Å². The van der Waals surface area contributed by atoms with Crippen molar-refractivity contribution in [1.29, 1.82) is 0 Å². The number of hydrogen-bond acceptors (Lipinski definition) is 4. The van der Waals surface area contributed by atoms with Gasteiger partial charge in [-0.3, -0.25) is 14.9 Å². The van der Waals surface area contributed by atoms with Gasteiger partial charge in [-0.1, -0.05) is 11.6 Å². The minimum Gasteiger partial charge on any atom is -0.351 e. The molecule has 108 valence electrons. The zero-order chi connectivity index (χ0) is 14.7. The van der Waals surface area contributed by atoms with Crippen molar-refractivity contribution in [2.24, 2.45) is 0 Å². The van der Waals surface area contributed by atoms with Crippen LogP contribution in [-0.2, 0) is 0 Å². The molecule has 1 N–H and O–H groups in total. The number of amides is 1. The van der Waals surface area contributed by atoms with Crippen LogP contribution in [0.25, 0.3) is 0 Å². The molecule has 0 heterocycles. The lowest BCUT2D eigenvalue weighted by Gasteiger charge is -2.15. The van der Waals surface area contributed by atoms with E-state index in [0.29, 0.717) is 12.6 Å². The van der Waals surface area contributed by atoms with Gasteiger partial charge in [0.05, 0.1) is 15.5 Å². The van der Waals surface area contributed by atoms with Crippen molar-refractivity contribution in [2.75, 3.05) is 20.1 Å². The molecule has 7 heteroatoms. The van der Waals surface area contributed by atoms with Gasteiger partial charge in [0.1, 0.15) is 0 Å². The van der Waals surface area contributed by atoms with E-state index in [1.54, 1.807) is 0 Å². The van der Waals surface area contributed by atoms with Gasteiger partial charge < -0.3 is 10.2 Å². The van der Waals surface area contributed by atoms with Crippen LogP contribution in [0, 0.1) is 10.1 Å². The van der Waals surface area contributed by atoms with E-state index in [9.17, 15) is 14.9 Å². The Morgan fingerprint density at radius 1 is 1.55 bits per heavy atom. The lowest BCUT2D eigenvalue weighted by molar-refractivity contribution is -0.384. The number of nitrogens with zero attached hydrogens (tertiary/aromatic N) is 2. The van der Waals surface area contributed by atoms with Gasteiger partial charge in [0, 0.05) is 31.3 Å². The van der Waals surface area contributed by atoms with E-state index in [1.807, 2.05) is 7.05 Å². The summed E-state index contributed by atoms with van der Waals surface area (Å²) in [7, 11) is 2.03. The number of carbonyl (C=O) groups is 1. The van der Waals surface area contributed by atoms with Crippen LogP contribution in [0.15, 0.2) is 18.2 Å². The predicted octanol–water partition coefficient (Wildman–Crippen LogP) is 2.07. The molecule has 1 saturated carbocycles. The minimum absolute atomic E-state index is 0.0900. The fraction of sp³-hybridized carbons (Fsp3) is 0.462. The molecule has 1 aromatic carbocycles. The molecule has 6 nitrogen and oxygen atoms in total. The van der Waals surface area contributed by atoms with Crippen LogP contribution >= 0.6 is 11.6 Å². The molecule has 0 atom stereocenters. The maximum Gasteiger partial charge on any atom is 0.270 e. The first kappa shape index (κ1) is 14.7. The summed E-state index contributed by atoms with van der Waals surface area (Å²) in [6, 6.07) is 4.49. The number of benzene rings is 1. The third kappa shape index (κ3) is 3.68. The lowest BCUT2D eigenvalue weighted by atomic mass is 10.2. The normalized spacial score (nSPS) is 14.3. The van der Waals surface area contributed by atoms with E-state index < -0.39 is 4.92 Å². The summed E-state index contributed by atoms with van der Waals surface area (Å²) in [5, 5.41) is 13.4. The summed E-state index contributed by atoms with van der Waals surface area (Å²) in [5.41, 5.74) is 0.131. The molecule has 1 fully saturated rings. The van der Waals surface area contributed by atoms with Gasteiger partial charge in [0.25, 0.3) is 11.6 Å². The van der Waals surface area contributed by atoms with Crippen LogP contribution in [0.2, 0.25) is 5.02 Å². The average Bonchev–Trinajstić information content (AvgIpc) is 3.22. The monoisotopic (exact) mass is 297 g/mol. The van der Waals surface area contributed by atoms with Gasteiger partial charge in [-0.05, 0) is 26.0 Å². The smallest absolute Gasteiger partial charge is 0.270 e. The Morgan fingerprint density at radius 3 is 2.80 bits per heavy atom. The van der Waals surface area contributed by atoms with E-state index in [4.69, 9.17) is 11.6 Å². The molecule has 1 aliphatic carbocycles. The van der Waals surface area contributed by atoms with E-state index in [1.165, 1.54) is 31.0 Å². The van der Waals surface area contributed by atoms with Gasteiger partial charge in [0.15, 0.2) is 0 Å². The summed E-state index contributed by atoms with van der Waals surface area (Å²) in [6.45, 7) is 1.31. The van der Waals surface area contributed by atoms with Gasteiger partial charge in [-0.25, -0.2) is 0 Å². The molecule has 2 rings (SSSR count). The van der Waals surface area contributed by atoms with Crippen LogP contribution in [-0.4, -0.2) is 41.9 Å². The van der Waals surface area contributed by atoms with Crippen molar-refractivity contribution in [1.82, 2.24) is 10.2 Å². The van der Waals surface area contributed by atoms with Crippen LogP contribution in [0.5, 0.6) is 0 Å². The summed E-state index contributed by atoms with van der Waals surface area (Å²) in [6.07, 6.45) is 2.44. The Bertz CT molecular complexity index is 532. The third-order valence-electron chi connectivity index (χ3n) is 3.33. The zero-order valence-corrected chi connectivity index (χ0v) is 11.9. The molecule has 0 aromatic heterocycles. The van der Waals surface area contributed by atoms with Crippen LogP contribution in [0.4, 0.5) is 5.69 Å². The number of nitrogens with one attached hydrogen (secondary N) is 1. The summed E-state index contributed by atoms with van der Waals surface area (Å²) in [5.74, 6) is -0.311. The quantitative estimate of drug-likeness (QED) is 0.644. The first-order valence-electron chi connectivity index (χ1n) is 6.41. The van der Waals surface area contributed by atoms with Crippen molar-refractivity contribution in [2.45, 2.75) is 18.9 Å². The number of nitro benzene ring substituents is 1. The first-order valence-corrected chi connectivity index (χ1v) is 6.79. The van der Waals surface area contributed by atoms with Gasteiger partial charge in [-0.15, -0.1) is 0 Å². The second-order valence-electron chi connectivity index (χ2n) is 4.89. The first-order chi connectivity index (χ1) is 9.49. The van der Waals surface area contributed by atoms with Crippen molar-refractivity contribution < 1.29 is 9.72 Å². The number of halogens is 1. The highest BCUT2D eigenvalue weighted by Gasteiger charge is 2.25. The molecule has 20 heavy (non-hydrogen) atoms. The molecule has 0 radical (unpaired) electrons. The van der Waals surface area contributed by atoms with Gasteiger partial charge in [0.2, 0.25) is 0 Å². The molecule has 0 unspecified atom stereocenters. The van der Waals surface area contributed by atoms with Gasteiger partial charge in [-0.2, -0.15) is 0 Å². The average molecular weight is 298 g/mol. The number of nitro groups is 1. The number of likely N-dealkylation sites (N-methyl/N-ethyl adjacent to an activating group) is 1. The molecule has 0 aliphatic heterocycles. The lowest BCUT2D eigenvalue weighted by Crippen LogP contribution is -2.34. The molecule has 1 aromatic rings. The van der Waals surface area contributed by atoms with Crippen LogP contribution < -0.4 is 5.32 Å². The van der Waals surface area contributed by atoms with Crippen molar-refractivity contribution in [3.8, 4) is 0 Å². The largest absolute Gasteiger partial charge is 0.351 e. The Labute approximate surface area is 121 Å².